The fraction of sp³-hybridized carbons (Fsp3) is 1.00. The van der Waals surface area contributed by atoms with E-state index < -0.39 is 0 Å². The molecule has 0 heterocycles. The molecule has 0 aromatic carbocycles. The molecule has 0 aromatic heterocycles. The zero-order valence-electron chi connectivity index (χ0n) is 12.5. The monoisotopic (exact) mass is 243 g/mol. The van der Waals surface area contributed by atoms with Crippen LogP contribution in [0.15, 0.2) is 0 Å². The zero-order chi connectivity index (χ0) is 13.0. The lowest BCUT2D eigenvalue weighted by Crippen LogP contribution is -2.24. The SMILES string of the molecule is CCCCCCCOCCNCCC(C)(C)C. The van der Waals surface area contributed by atoms with Gasteiger partial charge in [0.25, 0.3) is 0 Å². The Balaban J connectivity index is 2.99. The molecule has 0 amide bonds. The molecule has 17 heavy (non-hydrogen) atoms. The Hall–Kier alpha value is -0.0800. The van der Waals surface area contributed by atoms with E-state index in [0.29, 0.717) is 5.41 Å². The largest absolute Gasteiger partial charge is 0.380 e. The van der Waals surface area contributed by atoms with Crippen molar-refractivity contribution in [3.8, 4) is 0 Å². The molecular formula is C15H33NO. The molecule has 0 aliphatic heterocycles. The van der Waals surface area contributed by atoms with Gasteiger partial charge in [0, 0.05) is 13.2 Å². The summed E-state index contributed by atoms with van der Waals surface area (Å²) in [7, 11) is 0. The standard InChI is InChI=1S/C15H33NO/c1-5-6-7-8-9-13-17-14-12-16-11-10-15(2,3)4/h16H,5-14H2,1-4H3. The molecule has 2 heteroatoms. The maximum absolute atomic E-state index is 5.58. The first-order valence-electron chi connectivity index (χ1n) is 7.35. The number of rotatable bonds is 11. The van der Waals surface area contributed by atoms with E-state index in [1.54, 1.807) is 0 Å². The number of unbranched alkanes of at least 4 members (excludes halogenated alkanes) is 4. The minimum atomic E-state index is 0.438. The maximum Gasteiger partial charge on any atom is 0.0590 e. The Bertz CT molecular complexity index is 151. The first kappa shape index (κ1) is 16.9. The topological polar surface area (TPSA) is 21.3 Å². The van der Waals surface area contributed by atoms with E-state index in [2.05, 4.69) is 33.0 Å². The molecule has 0 atom stereocenters. The zero-order valence-corrected chi connectivity index (χ0v) is 12.5. The van der Waals surface area contributed by atoms with Crippen LogP contribution in [0, 0.1) is 5.41 Å². The van der Waals surface area contributed by atoms with Crippen LogP contribution in [0.3, 0.4) is 0 Å². The molecule has 0 aliphatic rings. The van der Waals surface area contributed by atoms with Crippen molar-refractivity contribution >= 4 is 0 Å². The predicted molar refractivity (Wildman–Crippen MR) is 76.5 cm³/mol. The van der Waals surface area contributed by atoms with Gasteiger partial charge in [-0.25, -0.2) is 0 Å². The van der Waals surface area contributed by atoms with Crippen molar-refractivity contribution in [1.82, 2.24) is 5.32 Å². The number of hydrogen-bond acceptors (Lipinski definition) is 2. The van der Waals surface area contributed by atoms with Crippen LogP contribution in [0.5, 0.6) is 0 Å². The van der Waals surface area contributed by atoms with Crippen LogP contribution in [0.4, 0.5) is 0 Å². The smallest absolute Gasteiger partial charge is 0.0590 e. The van der Waals surface area contributed by atoms with E-state index in [1.807, 2.05) is 0 Å². The van der Waals surface area contributed by atoms with Gasteiger partial charge in [-0.1, -0.05) is 53.4 Å². The fourth-order valence-corrected chi connectivity index (χ4v) is 1.64. The second kappa shape index (κ2) is 11.0. The number of ether oxygens (including phenoxy) is 1. The van der Waals surface area contributed by atoms with Gasteiger partial charge in [0.15, 0.2) is 0 Å². The minimum Gasteiger partial charge on any atom is -0.380 e. The van der Waals surface area contributed by atoms with Gasteiger partial charge in [0.2, 0.25) is 0 Å². The van der Waals surface area contributed by atoms with Crippen LogP contribution in [0.1, 0.15) is 66.2 Å². The highest BCUT2D eigenvalue weighted by Crippen LogP contribution is 2.16. The molecule has 0 spiro atoms. The molecule has 0 fully saturated rings. The van der Waals surface area contributed by atoms with Crippen molar-refractivity contribution in [2.45, 2.75) is 66.2 Å². The lowest BCUT2D eigenvalue weighted by Gasteiger charge is -2.18. The molecule has 0 radical (unpaired) electrons. The van der Waals surface area contributed by atoms with E-state index in [-0.39, 0.29) is 0 Å². The Morgan fingerprint density at radius 1 is 0.882 bits per heavy atom. The van der Waals surface area contributed by atoms with Gasteiger partial charge in [-0.15, -0.1) is 0 Å². The summed E-state index contributed by atoms with van der Waals surface area (Å²) in [6.07, 6.45) is 7.83. The summed E-state index contributed by atoms with van der Waals surface area (Å²) in [5, 5.41) is 3.43. The maximum atomic E-state index is 5.58. The normalized spacial score (nSPS) is 12.0. The molecule has 0 bridgehead atoms. The van der Waals surface area contributed by atoms with E-state index in [0.717, 1.165) is 26.3 Å². The third-order valence-corrected chi connectivity index (χ3v) is 2.87. The van der Waals surface area contributed by atoms with E-state index in [4.69, 9.17) is 4.74 Å². The molecule has 0 saturated carbocycles. The summed E-state index contributed by atoms with van der Waals surface area (Å²) >= 11 is 0. The van der Waals surface area contributed by atoms with Crippen molar-refractivity contribution in [3.63, 3.8) is 0 Å². The Morgan fingerprint density at radius 3 is 2.24 bits per heavy atom. The predicted octanol–water partition coefficient (Wildman–Crippen LogP) is 4.00. The molecule has 0 rings (SSSR count). The Kier molecular flexibility index (Phi) is 11.0. The second-order valence-electron chi connectivity index (χ2n) is 6.09. The fourth-order valence-electron chi connectivity index (χ4n) is 1.64. The van der Waals surface area contributed by atoms with Gasteiger partial charge in [-0.3, -0.25) is 0 Å². The third-order valence-electron chi connectivity index (χ3n) is 2.87. The summed E-state index contributed by atoms with van der Waals surface area (Å²) in [6, 6.07) is 0. The number of nitrogens with one attached hydrogen (secondary N) is 1. The first-order valence-corrected chi connectivity index (χ1v) is 7.35. The van der Waals surface area contributed by atoms with Gasteiger partial charge in [0.1, 0.15) is 0 Å². The minimum absolute atomic E-state index is 0.438. The van der Waals surface area contributed by atoms with Crippen molar-refractivity contribution < 1.29 is 4.74 Å². The second-order valence-corrected chi connectivity index (χ2v) is 6.09. The third kappa shape index (κ3) is 15.9. The van der Waals surface area contributed by atoms with Crippen LogP contribution in [0.2, 0.25) is 0 Å². The van der Waals surface area contributed by atoms with Crippen molar-refractivity contribution in [2.24, 2.45) is 5.41 Å². The molecule has 0 unspecified atom stereocenters. The molecule has 104 valence electrons. The summed E-state index contributed by atoms with van der Waals surface area (Å²) in [6.45, 7) is 13.0. The highest BCUT2D eigenvalue weighted by atomic mass is 16.5. The van der Waals surface area contributed by atoms with Crippen LogP contribution >= 0.6 is 0 Å². The highest BCUT2D eigenvalue weighted by molar-refractivity contribution is 4.62. The molecule has 1 N–H and O–H groups in total. The molecular weight excluding hydrogens is 210 g/mol. The molecule has 0 aliphatic carbocycles. The first-order chi connectivity index (χ1) is 8.06. The van der Waals surface area contributed by atoms with E-state index in [1.165, 1.54) is 38.5 Å². The van der Waals surface area contributed by atoms with E-state index >= 15 is 0 Å². The molecule has 0 aromatic rings. The van der Waals surface area contributed by atoms with Crippen LogP contribution in [0.25, 0.3) is 0 Å². The lowest BCUT2D eigenvalue weighted by molar-refractivity contribution is 0.131. The van der Waals surface area contributed by atoms with Crippen molar-refractivity contribution in [3.05, 3.63) is 0 Å². The van der Waals surface area contributed by atoms with Crippen molar-refractivity contribution in [2.75, 3.05) is 26.3 Å². The van der Waals surface area contributed by atoms with Crippen LogP contribution in [-0.2, 0) is 4.74 Å². The average Bonchev–Trinajstić information content (AvgIpc) is 2.24. The van der Waals surface area contributed by atoms with Gasteiger partial charge in [-0.2, -0.15) is 0 Å². The molecule has 0 saturated heterocycles. The summed E-state index contributed by atoms with van der Waals surface area (Å²) in [5.41, 5.74) is 0.438. The summed E-state index contributed by atoms with van der Waals surface area (Å²) in [4.78, 5) is 0. The van der Waals surface area contributed by atoms with Gasteiger partial charge >= 0.3 is 0 Å². The average molecular weight is 243 g/mol. The van der Waals surface area contributed by atoms with Crippen LogP contribution in [-0.4, -0.2) is 26.3 Å². The van der Waals surface area contributed by atoms with Gasteiger partial charge < -0.3 is 10.1 Å². The van der Waals surface area contributed by atoms with Crippen molar-refractivity contribution in [1.29, 1.82) is 0 Å². The lowest BCUT2D eigenvalue weighted by atomic mass is 9.92. The van der Waals surface area contributed by atoms with Crippen LogP contribution < -0.4 is 5.32 Å². The van der Waals surface area contributed by atoms with Gasteiger partial charge in [-0.05, 0) is 24.8 Å². The van der Waals surface area contributed by atoms with Gasteiger partial charge in [0.05, 0.1) is 6.61 Å². The Morgan fingerprint density at radius 2 is 1.59 bits per heavy atom. The summed E-state index contributed by atoms with van der Waals surface area (Å²) in [5.74, 6) is 0. The molecule has 2 nitrogen and oxygen atoms in total. The highest BCUT2D eigenvalue weighted by Gasteiger charge is 2.08. The summed E-state index contributed by atoms with van der Waals surface area (Å²) < 4.78 is 5.58. The quantitative estimate of drug-likeness (QED) is 0.554. The Labute approximate surface area is 109 Å². The number of hydrogen-bond donors (Lipinski definition) is 1. The van der Waals surface area contributed by atoms with E-state index in [9.17, 15) is 0 Å².